The molecule has 4 aromatic rings. The molecule has 0 radical (unpaired) electrons. The van der Waals surface area contributed by atoms with E-state index in [1.54, 1.807) is 17.1 Å². The number of carbonyl (C=O) groups excluding carboxylic acids is 1. The minimum Gasteiger partial charge on any atom is -0.440 e. The third-order valence-electron chi connectivity index (χ3n) is 5.04. The van der Waals surface area contributed by atoms with E-state index >= 15 is 0 Å². The molecule has 0 unspecified atom stereocenters. The third kappa shape index (κ3) is 4.66. The van der Waals surface area contributed by atoms with Crippen molar-refractivity contribution in [3.63, 3.8) is 0 Å². The molecule has 0 spiro atoms. The molecule has 32 heavy (non-hydrogen) atoms. The molecular formula is C23H25N7O2. The number of carbonyl (C=O) groups is 1. The fourth-order valence-electron chi connectivity index (χ4n) is 3.18. The van der Waals surface area contributed by atoms with Gasteiger partial charge in [0, 0.05) is 25.9 Å². The number of benzene rings is 1. The normalized spacial score (nSPS) is 11.0. The van der Waals surface area contributed by atoms with Crippen LogP contribution in [0.1, 0.15) is 47.1 Å². The average molecular weight is 432 g/mol. The van der Waals surface area contributed by atoms with E-state index in [0.29, 0.717) is 29.8 Å². The number of amides is 1. The van der Waals surface area contributed by atoms with Gasteiger partial charge < -0.3 is 15.1 Å². The van der Waals surface area contributed by atoms with Crippen LogP contribution in [0.5, 0.6) is 0 Å². The fraction of sp³-hybridized carbons (Fsp3) is 0.261. The van der Waals surface area contributed by atoms with E-state index in [9.17, 15) is 4.79 Å². The molecule has 1 aromatic carbocycles. The number of hydrogen-bond acceptors (Lipinski definition) is 7. The highest BCUT2D eigenvalue weighted by molar-refractivity contribution is 5.90. The smallest absolute Gasteiger partial charge is 0.307 e. The first kappa shape index (κ1) is 21.2. The summed E-state index contributed by atoms with van der Waals surface area (Å²) in [5.41, 5.74) is 4.10. The van der Waals surface area contributed by atoms with Crippen LogP contribution in [-0.2, 0) is 13.6 Å². The number of aromatic nitrogens is 5. The third-order valence-corrected chi connectivity index (χ3v) is 5.04. The Morgan fingerprint density at radius 1 is 1.22 bits per heavy atom. The summed E-state index contributed by atoms with van der Waals surface area (Å²) in [5, 5.41) is 10.1. The van der Waals surface area contributed by atoms with Gasteiger partial charge in [-0.25, -0.2) is 15.0 Å². The quantitative estimate of drug-likeness (QED) is 0.455. The molecule has 0 bridgehead atoms. The van der Waals surface area contributed by atoms with Gasteiger partial charge in [0.1, 0.15) is 23.5 Å². The first-order chi connectivity index (χ1) is 15.4. The van der Waals surface area contributed by atoms with Gasteiger partial charge in [-0.2, -0.15) is 5.10 Å². The Labute approximate surface area is 185 Å². The lowest BCUT2D eigenvalue weighted by Gasteiger charge is -2.08. The molecule has 4 rings (SSSR count). The zero-order valence-corrected chi connectivity index (χ0v) is 18.5. The molecule has 0 saturated heterocycles. The summed E-state index contributed by atoms with van der Waals surface area (Å²) in [4.78, 5) is 25.7. The van der Waals surface area contributed by atoms with Crippen molar-refractivity contribution in [2.75, 3.05) is 5.32 Å². The average Bonchev–Trinajstić information content (AvgIpc) is 3.43. The minimum absolute atomic E-state index is 0.0147. The van der Waals surface area contributed by atoms with Crippen molar-refractivity contribution in [3.8, 4) is 11.4 Å². The number of anilines is 2. The maximum Gasteiger partial charge on any atom is 0.307 e. The molecule has 0 aliphatic rings. The van der Waals surface area contributed by atoms with E-state index in [-0.39, 0.29) is 11.8 Å². The zero-order valence-electron chi connectivity index (χ0n) is 18.5. The van der Waals surface area contributed by atoms with Gasteiger partial charge in [-0.1, -0.05) is 38.1 Å². The van der Waals surface area contributed by atoms with Crippen molar-refractivity contribution in [2.45, 2.75) is 33.2 Å². The Morgan fingerprint density at radius 3 is 2.81 bits per heavy atom. The van der Waals surface area contributed by atoms with Crippen LogP contribution in [0.4, 0.5) is 11.8 Å². The predicted octanol–water partition coefficient (Wildman–Crippen LogP) is 3.97. The molecule has 9 nitrogen and oxygen atoms in total. The summed E-state index contributed by atoms with van der Waals surface area (Å²) in [6.07, 6.45) is 4.80. The Kier molecular flexibility index (Phi) is 5.98. The number of nitrogens with one attached hydrogen (secondary N) is 2. The van der Waals surface area contributed by atoms with Crippen molar-refractivity contribution in [3.05, 3.63) is 71.6 Å². The zero-order chi connectivity index (χ0) is 22.7. The molecule has 0 aliphatic carbocycles. The Morgan fingerprint density at radius 2 is 2.06 bits per heavy atom. The van der Waals surface area contributed by atoms with E-state index in [1.165, 1.54) is 11.8 Å². The largest absolute Gasteiger partial charge is 0.440 e. The lowest BCUT2D eigenvalue weighted by molar-refractivity contribution is 0.0916. The molecule has 0 fully saturated rings. The number of oxazole rings is 1. The molecular weight excluding hydrogens is 406 g/mol. The van der Waals surface area contributed by atoms with E-state index in [4.69, 9.17) is 4.42 Å². The van der Waals surface area contributed by atoms with Crippen molar-refractivity contribution in [2.24, 2.45) is 7.05 Å². The molecule has 164 valence electrons. The number of hydrogen-bond donors (Lipinski definition) is 2. The molecule has 2 N–H and O–H groups in total. The summed E-state index contributed by atoms with van der Waals surface area (Å²) in [7, 11) is 1.82. The second-order valence-electron chi connectivity index (χ2n) is 7.81. The second kappa shape index (κ2) is 9.01. The first-order valence-corrected chi connectivity index (χ1v) is 10.3. The van der Waals surface area contributed by atoms with Gasteiger partial charge in [-0.3, -0.25) is 9.48 Å². The van der Waals surface area contributed by atoms with Crippen LogP contribution in [0.25, 0.3) is 11.4 Å². The van der Waals surface area contributed by atoms with Gasteiger partial charge in [-0.15, -0.1) is 0 Å². The topological polar surface area (TPSA) is 111 Å². The molecule has 0 aliphatic heterocycles. The van der Waals surface area contributed by atoms with Crippen LogP contribution in [0, 0.1) is 6.92 Å². The van der Waals surface area contributed by atoms with Crippen LogP contribution in [0.2, 0.25) is 0 Å². The summed E-state index contributed by atoms with van der Waals surface area (Å²) in [6, 6.07) is 9.96. The highest BCUT2D eigenvalue weighted by atomic mass is 16.4. The molecule has 0 atom stereocenters. The Hall–Kier alpha value is -4.01. The minimum atomic E-state index is -0.383. The molecule has 0 saturated carbocycles. The van der Waals surface area contributed by atoms with Crippen molar-refractivity contribution in [1.29, 1.82) is 0 Å². The van der Waals surface area contributed by atoms with Crippen molar-refractivity contribution < 1.29 is 9.21 Å². The van der Waals surface area contributed by atoms with Gasteiger partial charge in [-0.05, 0) is 29.5 Å². The van der Waals surface area contributed by atoms with E-state index in [1.807, 2.05) is 32.2 Å². The maximum atomic E-state index is 12.6. The summed E-state index contributed by atoms with van der Waals surface area (Å²) >= 11 is 0. The fourth-order valence-corrected chi connectivity index (χ4v) is 3.18. The Bertz CT molecular complexity index is 1240. The van der Waals surface area contributed by atoms with Crippen molar-refractivity contribution >= 4 is 17.7 Å². The van der Waals surface area contributed by atoms with E-state index < -0.39 is 0 Å². The molecule has 9 heteroatoms. The molecule has 1 amide bonds. The SMILES string of the molecule is Cc1cnc(Nc2ccnn2C)nc1-c1coc(C(=O)NCc2cccc(C(C)C)c2)n1. The standard InChI is InChI=1S/C23H25N7O2/c1-14(2)17-7-5-6-16(10-17)12-24-21(31)22-27-18(13-32-22)20-15(3)11-25-23(29-20)28-19-8-9-26-30(19)4/h5-11,13-14H,12H2,1-4H3,(H,24,31)(H,25,28,29). The number of aryl methyl sites for hydroxylation is 2. The van der Waals surface area contributed by atoms with Gasteiger partial charge in [0.15, 0.2) is 0 Å². The molecule has 3 heterocycles. The van der Waals surface area contributed by atoms with Crippen LogP contribution < -0.4 is 10.6 Å². The van der Waals surface area contributed by atoms with Gasteiger partial charge >= 0.3 is 5.91 Å². The van der Waals surface area contributed by atoms with Crippen LogP contribution in [-0.4, -0.2) is 30.6 Å². The summed E-state index contributed by atoms with van der Waals surface area (Å²) in [5.74, 6) is 1.17. The lowest BCUT2D eigenvalue weighted by atomic mass is 10.0. The lowest BCUT2D eigenvalue weighted by Crippen LogP contribution is -2.23. The van der Waals surface area contributed by atoms with Crippen LogP contribution >= 0.6 is 0 Å². The summed E-state index contributed by atoms with van der Waals surface area (Å²) in [6.45, 7) is 6.54. The highest BCUT2D eigenvalue weighted by Crippen LogP contribution is 2.22. The van der Waals surface area contributed by atoms with Gasteiger partial charge in [0.05, 0.1) is 6.20 Å². The van der Waals surface area contributed by atoms with Gasteiger partial charge in [0.2, 0.25) is 5.95 Å². The Balaban J connectivity index is 1.47. The summed E-state index contributed by atoms with van der Waals surface area (Å²) < 4.78 is 7.11. The van der Waals surface area contributed by atoms with E-state index in [2.05, 4.69) is 56.7 Å². The molecule has 3 aromatic heterocycles. The van der Waals surface area contributed by atoms with Crippen LogP contribution in [0.15, 0.2) is 53.4 Å². The first-order valence-electron chi connectivity index (χ1n) is 10.3. The van der Waals surface area contributed by atoms with E-state index in [0.717, 1.165) is 16.9 Å². The maximum absolute atomic E-state index is 12.6. The number of nitrogens with zero attached hydrogens (tertiary/aromatic N) is 5. The van der Waals surface area contributed by atoms with Gasteiger partial charge in [0.25, 0.3) is 5.89 Å². The predicted molar refractivity (Wildman–Crippen MR) is 120 cm³/mol. The van der Waals surface area contributed by atoms with Crippen molar-refractivity contribution in [1.82, 2.24) is 30.0 Å². The highest BCUT2D eigenvalue weighted by Gasteiger charge is 2.17. The monoisotopic (exact) mass is 431 g/mol. The second-order valence-corrected chi connectivity index (χ2v) is 7.81. The van der Waals surface area contributed by atoms with Crippen LogP contribution in [0.3, 0.4) is 0 Å². The number of rotatable bonds is 7.